The molecule has 0 spiro atoms. The first-order valence-corrected chi connectivity index (χ1v) is 12.4. The Morgan fingerprint density at radius 2 is 1.92 bits per heavy atom. The van der Waals surface area contributed by atoms with Gasteiger partial charge in [0.25, 0.3) is 5.91 Å². The van der Waals surface area contributed by atoms with Crippen LogP contribution in [0.5, 0.6) is 17.2 Å². The fourth-order valence-corrected chi connectivity index (χ4v) is 4.49. The van der Waals surface area contributed by atoms with E-state index >= 15 is 0 Å². The molecule has 36 heavy (non-hydrogen) atoms. The van der Waals surface area contributed by atoms with Crippen LogP contribution in [0.3, 0.4) is 0 Å². The molecule has 186 valence electrons. The number of benzene rings is 2. The number of methoxy groups -OCH3 is 1. The summed E-state index contributed by atoms with van der Waals surface area (Å²) in [5, 5.41) is 15.6. The molecule has 0 aliphatic carbocycles. The molecule has 1 N–H and O–H groups in total. The number of ether oxygens (including phenoxy) is 3. The first kappa shape index (κ1) is 25.2. The molecule has 0 bridgehead atoms. The molecule has 0 saturated carbocycles. The Hall–Kier alpha value is -3.85. The fraction of sp³-hybridized carbons (Fsp3) is 0.259. The topological polar surface area (TPSA) is 96.6 Å². The summed E-state index contributed by atoms with van der Waals surface area (Å²) in [6, 6.07) is 11.5. The highest BCUT2D eigenvalue weighted by Crippen LogP contribution is 2.35. The lowest BCUT2D eigenvalue weighted by atomic mass is 10.0. The van der Waals surface area contributed by atoms with E-state index in [4.69, 9.17) is 19.6 Å². The summed E-state index contributed by atoms with van der Waals surface area (Å²) in [6.45, 7) is 8.53. The van der Waals surface area contributed by atoms with Crippen molar-refractivity contribution < 1.29 is 19.0 Å². The van der Waals surface area contributed by atoms with Crippen molar-refractivity contribution in [2.24, 2.45) is 10.1 Å². The quantitative estimate of drug-likeness (QED) is 0.271. The zero-order valence-corrected chi connectivity index (χ0v) is 21.4. The van der Waals surface area contributed by atoms with Crippen molar-refractivity contribution in [1.82, 2.24) is 5.01 Å². The summed E-state index contributed by atoms with van der Waals surface area (Å²) in [4.78, 5) is 16.8. The standard InChI is InChI=1S/C27H28N4O4S/c1-5-7-19-14-18(15-21-25(28)31-27(29-26(21)32)36-23(6-2)30-31)16-22(33-4)24(19)35-13-12-34-20-10-8-17(3)9-11-20/h5,8-11,14-16,28H,1,6-7,12-13H2,2-4H3/b21-15-,28-25?. The Morgan fingerprint density at radius 3 is 2.61 bits per heavy atom. The lowest BCUT2D eigenvalue weighted by Gasteiger charge is -2.20. The SMILES string of the molecule is C=CCc1cc(/C=C2/C(=N)N3N=C(CC)SC3=NC2=O)cc(OC)c1OCCOc1ccc(C)cc1. The number of amides is 1. The molecule has 0 aromatic heterocycles. The number of amidine groups is 2. The van der Waals surface area contributed by atoms with Crippen molar-refractivity contribution in [3.63, 3.8) is 0 Å². The van der Waals surface area contributed by atoms with Crippen LogP contribution in [0.4, 0.5) is 0 Å². The molecule has 0 atom stereocenters. The van der Waals surface area contributed by atoms with Gasteiger partial charge < -0.3 is 14.2 Å². The van der Waals surface area contributed by atoms with Gasteiger partial charge in [-0.2, -0.15) is 15.1 Å². The maximum atomic E-state index is 12.7. The zero-order valence-electron chi connectivity index (χ0n) is 20.5. The van der Waals surface area contributed by atoms with E-state index in [1.54, 1.807) is 25.3 Å². The molecule has 2 aromatic carbocycles. The van der Waals surface area contributed by atoms with Gasteiger partial charge in [0, 0.05) is 5.56 Å². The summed E-state index contributed by atoms with van der Waals surface area (Å²) >= 11 is 1.32. The number of rotatable bonds is 10. The first-order valence-electron chi connectivity index (χ1n) is 11.6. The second-order valence-corrected chi connectivity index (χ2v) is 9.12. The second-order valence-electron chi connectivity index (χ2n) is 8.08. The Balaban J connectivity index is 1.55. The van der Waals surface area contributed by atoms with Gasteiger partial charge in [-0.1, -0.05) is 30.7 Å². The van der Waals surface area contributed by atoms with Crippen LogP contribution in [0.25, 0.3) is 6.08 Å². The van der Waals surface area contributed by atoms with E-state index in [-0.39, 0.29) is 11.4 Å². The van der Waals surface area contributed by atoms with Crippen LogP contribution in [0, 0.1) is 12.3 Å². The molecular weight excluding hydrogens is 476 g/mol. The minimum absolute atomic E-state index is 0.00114. The van der Waals surface area contributed by atoms with Gasteiger partial charge in [0.1, 0.15) is 24.0 Å². The van der Waals surface area contributed by atoms with E-state index < -0.39 is 5.91 Å². The average Bonchev–Trinajstić information content (AvgIpc) is 3.29. The summed E-state index contributed by atoms with van der Waals surface area (Å²) in [5.41, 5.74) is 2.86. The predicted octanol–water partition coefficient (Wildman–Crippen LogP) is 5.22. The molecule has 0 radical (unpaired) electrons. The van der Waals surface area contributed by atoms with E-state index in [0.717, 1.165) is 16.4 Å². The monoisotopic (exact) mass is 504 g/mol. The van der Waals surface area contributed by atoms with Gasteiger partial charge >= 0.3 is 0 Å². The van der Waals surface area contributed by atoms with Gasteiger partial charge in [0.15, 0.2) is 17.3 Å². The first-order chi connectivity index (χ1) is 17.4. The van der Waals surface area contributed by atoms with Crippen LogP contribution >= 0.6 is 11.8 Å². The highest BCUT2D eigenvalue weighted by Gasteiger charge is 2.35. The molecule has 2 aliphatic rings. The van der Waals surface area contributed by atoms with Crippen LogP contribution in [0.1, 0.15) is 30.0 Å². The largest absolute Gasteiger partial charge is 0.493 e. The molecule has 2 heterocycles. The molecular formula is C27H28N4O4S. The highest BCUT2D eigenvalue weighted by molar-refractivity contribution is 8.26. The third-order valence-electron chi connectivity index (χ3n) is 5.47. The van der Waals surface area contributed by atoms with Crippen LogP contribution in [-0.2, 0) is 11.2 Å². The second kappa shape index (κ2) is 11.3. The molecule has 8 nitrogen and oxygen atoms in total. The molecule has 2 aromatic rings. The van der Waals surface area contributed by atoms with Gasteiger partial charge in [-0.15, -0.1) is 6.58 Å². The minimum Gasteiger partial charge on any atom is -0.493 e. The van der Waals surface area contributed by atoms with Crippen molar-refractivity contribution in [3.8, 4) is 17.2 Å². The number of allylic oxidation sites excluding steroid dienone is 1. The minimum atomic E-state index is -0.468. The van der Waals surface area contributed by atoms with Gasteiger partial charge in [-0.3, -0.25) is 10.2 Å². The Labute approximate surface area is 214 Å². The number of nitrogens with zero attached hydrogens (tertiary/aromatic N) is 3. The lowest BCUT2D eigenvalue weighted by molar-refractivity contribution is -0.114. The van der Waals surface area contributed by atoms with Crippen LogP contribution in [-0.4, -0.2) is 47.3 Å². The normalized spacial score (nSPS) is 16.0. The molecule has 0 saturated heterocycles. The number of aliphatic imine (C=N–C) groups is 1. The molecule has 9 heteroatoms. The van der Waals surface area contributed by atoms with Crippen molar-refractivity contribution in [2.45, 2.75) is 26.7 Å². The van der Waals surface area contributed by atoms with Crippen LogP contribution in [0.15, 0.2) is 64.7 Å². The van der Waals surface area contributed by atoms with E-state index in [0.29, 0.717) is 48.3 Å². The number of fused-ring (bicyclic) bond motifs is 1. The smallest absolute Gasteiger partial charge is 0.283 e. The van der Waals surface area contributed by atoms with E-state index in [1.807, 2.05) is 44.2 Å². The summed E-state index contributed by atoms with van der Waals surface area (Å²) in [7, 11) is 1.56. The average molecular weight is 505 g/mol. The summed E-state index contributed by atoms with van der Waals surface area (Å²) in [5.74, 6) is 1.41. The molecule has 2 aliphatic heterocycles. The van der Waals surface area contributed by atoms with Crippen molar-refractivity contribution >= 4 is 39.8 Å². The number of carbonyl (C=O) groups is 1. The molecule has 0 unspecified atom stereocenters. The number of hydrogen-bond acceptors (Lipinski definition) is 7. The van der Waals surface area contributed by atoms with Gasteiger partial charge in [-0.25, -0.2) is 0 Å². The molecule has 1 amide bonds. The number of hydrogen-bond donors (Lipinski definition) is 1. The lowest BCUT2D eigenvalue weighted by Crippen LogP contribution is -2.35. The maximum Gasteiger partial charge on any atom is 0.283 e. The van der Waals surface area contributed by atoms with Crippen molar-refractivity contribution in [3.05, 3.63) is 71.3 Å². The van der Waals surface area contributed by atoms with Gasteiger partial charge in [0.2, 0.25) is 5.17 Å². The predicted molar refractivity (Wildman–Crippen MR) is 144 cm³/mol. The number of carbonyl (C=O) groups excluding carboxylic acids is 1. The van der Waals surface area contributed by atoms with E-state index in [2.05, 4.69) is 16.7 Å². The van der Waals surface area contributed by atoms with Crippen LogP contribution in [0.2, 0.25) is 0 Å². The summed E-state index contributed by atoms with van der Waals surface area (Å²) < 4.78 is 17.4. The fourth-order valence-electron chi connectivity index (χ4n) is 3.67. The summed E-state index contributed by atoms with van der Waals surface area (Å²) in [6.07, 6.45) is 4.64. The van der Waals surface area contributed by atoms with Crippen LogP contribution < -0.4 is 14.2 Å². The Bertz CT molecular complexity index is 1280. The zero-order chi connectivity index (χ0) is 25.7. The number of aryl methyl sites for hydroxylation is 1. The molecule has 4 rings (SSSR count). The van der Waals surface area contributed by atoms with Crippen molar-refractivity contribution in [2.75, 3.05) is 20.3 Å². The third kappa shape index (κ3) is 5.52. The number of thioether (sulfide) groups is 1. The molecule has 0 fully saturated rings. The van der Waals surface area contributed by atoms with Gasteiger partial charge in [0.05, 0.1) is 12.7 Å². The Morgan fingerprint density at radius 1 is 1.17 bits per heavy atom. The number of nitrogens with one attached hydrogen (secondary N) is 1. The van der Waals surface area contributed by atoms with Crippen molar-refractivity contribution in [1.29, 1.82) is 5.41 Å². The van der Waals surface area contributed by atoms with E-state index in [9.17, 15) is 4.79 Å². The number of hydrazone groups is 1. The maximum absolute atomic E-state index is 12.7. The van der Waals surface area contributed by atoms with Gasteiger partial charge in [-0.05, 0) is 67.4 Å². The highest BCUT2D eigenvalue weighted by atomic mass is 32.2. The van der Waals surface area contributed by atoms with E-state index in [1.165, 1.54) is 22.3 Å². The third-order valence-corrected chi connectivity index (χ3v) is 6.52. The Kier molecular flexibility index (Phi) is 7.90.